The second kappa shape index (κ2) is 9.59. The molecular weight excluding hydrogens is 500 g/mol. The first kappa shape index (κ1) is 24.3. The molecule has 5 rings (SSSR count). The summed E-state index contributed by atoms with van der Waals surface area (Å²) in [6.45, 7) is 3.57. The highest BCUT2D eigenvalue weighted by Gasteiger charge is 2.57. The summed E-state index contributed by atoms with van der Waals surface area (Å²) in [5.74, 6) is -1.96. The number of aryl methyl sites for hydroxylation is 1. The molecule has 2 amide bonds. The average Bonchev–Trinajstić information content (AvgIpc) is 3.31. The van der Waals surface area contributed by atoms with Crippen molar-refractivity contribution >= 4 is 46.6 Å². The highest BCUT2D eigenvalue weighted by atomic mass is 32.2. The Labute approximate surface area is 215 Å². The van der Waals surface area contributed by atoms with E-state index in [2.05, 4.69) is 0 Å². The summed E-state index contributed by atoms with van der Waals surface area (Å²) in [5.41, 5.74) is 2.24. The van der Waals surface area contributed by atoms with E-state index < -0.39 is 23.1 Å². The number of fused-ring (bicyclic) bond motifs is 2. The molecule has 2 aliphatic rings. The van der Waals surface area contributed by atoms with Crippen LogP contribution in [-0.2, 0) is 25.7 Å². The van der Waals surface area contributed by atoms with E-state index in [0.717, 1.165) is 16.9 Å². The molecule has 1 saturated heterocycles. The lowest BCUT2D eigenvalue weighted by molar-refractivity contribution is -0.144. The Balaban J connectivity index is 1.67. The summed E-state index contributed by atoms with van der Waals surface area (Å²) in [5, 5.41) is -0.245. The first-order valence-electron chi connectivity index (χ1n) is 11.5. The van der Waals surface area contributed by atoms with Gasteiger partial charge in [0, 0.05) is 16.4 Å². The maximum Gasteiger partial charge on any atom is 0.326 e. The van der Waals surface area contributed by atoms with Crippen molar-refractivity contribution in [1.82, 2.24) is 4.57 Å². The molecule has 3 unspecified atom stereocenters. The average molecular weight is 525 g/mol. The molecule has 3 heterocycles. The number of hydrogen-bond donors (Lipinski definition) is 0. The third-order valence-corrected chi connectivity index (χ3v) is 9.01. The van der Waals surface area contributed by atoms with Gasteiger partial charge in [-0.15, -0.1) is 0 Å². The van der Waals surface area contributed by atoms with Crippen LogP contribution in [0.5, 0.6) is 5.75 Å². The largest absolute Gasteiger partial charge is 0.496 e. The number of thioether (sulfide) groups is 1. The number of methoxy groups -OCH3 is 1. The first-order chi connectivity index (χ1) is 17.3. The van der Waals surface area contributed by atoms with Crippen molar-refractivity contribution in [2.75, 3.05) is 18.6 Å². The van der Waals surface area contributed by atoms with E-state index in [1.54, 1.807) is 32.2 Å². The molecule has 0 radical (unpaired) electrons. The van der Waals surface area contributed by atoms with Crippen LogP contribution in [0, 0.1) is 12.8 Å². The number of esters is 1. The van der Waals surface area contributed by atoms with E-state index in [4.69, 9.17) is 9.47 Å². The highest BCUT2D eigenvalue weighted by Crippen LogP contribution is 2.55. The first-order valence-corrected chi connectivity index (χ1v) is 13.2. The molecule has 2 aromatic carbocycles. The second-order valence-corrected chi connectivity index (χ2v) is 10.7. The molecule has 0 saturated carbocycles. The zero-order chi connectivity index (χ0) is 25.6. The van der Waals surface area contributed by atoms with Gasteiger partial charge < -0.3 is 9.47 Å². The van der Waals surface area contributed by atoms with Crippen molar-refractivity contribution in [2.24, 2.45) is 5.92 Å². The summed E-state index contributed by atoms with van der Waals surface area (Å²) >= 11 is 2.16. The summed E-state index contributed by atoms with van der Waals surface area (Å²) in [6, 6.07) is 14.6. The van der Waals surface area contributed by atoms with Crippen LogP contribution in [-0.4, -0.2) is 41.3 Å². The van der Waals surface area contributed by atoms with Crippen molar-refractivity contribution in [2.45, 2.75) is 36.6 Å². The Morgan fingerprint density at radius 2 is 1.75 bits per heavy atom. The van der Waals surface area contributed by atoms with Crippen LogP contribution in [0.1, 0.15) is 28.8 Å². The lowest BCUT2D eigenvalue weighted by Gasteiger charge is -2.31. The minimum atomic E-state index is -0.760. The lowest BCUT2D eigenvalue weighted by atomic mass is 9.82. The maximum absolute atomic E-state index is 13.9. The van der Waals surface area contributed by atoms with Gasteiger partial charge in [-0.2, -0.15) is 0 Å². The fraction of sp³-hybridized carbons (Fsp3) is 0.308. The van der Waals surface area contributed by atoms with Crippen LogP contribution in [0.4, 0.5) is 5.69 Å². The molecule has 3 atom stereocenters. The Morgan fingerprint density at radius 1 is 1.03 bits per heavy atom. The van der Waals surface area contributed by atoms with Crippen LogP contribution in [0.2, 0.25) is 0 Å². The fourth-order valence-corrected chi connectivity index (χ4v) is 7.56. The van der Waals surface area contributed by atoms with Crippen LogP contribution in [0.25, 0.3) is 0 Å². The molecule has 36 heavy (non-hydrogen) atoms. The highest BCUT2D eigenvalue weighted by molar-refractivity contribution is 8.00. The van der Waals surface area contributed by atoms with Crippen LogP contribution in [0.3, 0.4) is 0 Å². The predicted octanol–water partition coefficient (Wildman–Crippen LogP) is 3.59. The van der Waals surface area contributed by atoms with Gasteiger partial charge in [0.1, 0.15) is 17.5 Å². The van der Waals surface area contributed by atoms with Crippen LogP contribution >= 0.6 is 23.1 Å². The number of anilines is 1. The number of hydrogen-bond acceptors (Lipinski definition) is 8. The normalized spacial score (nSPS) is 20.8. The number of para-hydroxylation sites is 1. The van der Waals surface area contributed by atoms with Gasteiger partial charge in [0.25, 0.3) is 0 Å². The smallest absolute Gasteiger partial charge is 0.326 e. The summed E-state index contributed by atoms with van der Waals surface area (Å²) in [4.78, 5) is 54.4. The zero-order valence-corrected chi connectivity index (χ0v) is 21.6. The van der Waals surface area contributed by atoms with Gasteiger partial charge in [0.05, 0.1) is 30.3 Å². The van der Waals surface area contributed by atoms with Gasteiger partial charge in [-0.1, -0.05) is 59.0 Å². The minimum Gasteiger partial charge on any atom is -0.496 e. The SMILES string of the molecule is CCOC(=O)Cn1c2c(sc1=O)C(c1ccccc1OC)C1C(=O)N(c3ccc(C)cc3)C(=O)C1S2. The number of thiazole rings is 1. The van der Waals surface area contributed by atoms with E-state index in [-0.39, 0.29) is 29.8 Å². The molecule has 8 nitrogen and oxygen atoms in total. The molecule has 0 spiro atoms. The number of carbonyl (C=O) groups excluding carboxylic acids is 3. The number of amides is 2. The van der Waals surface area contributed by atoms with Gasteiger partial charge >= 0.3 is 10.8 Å². The number of aromatic nitrogens is 1. The Morgan fingerprint density at radius 3 is 2.44 bits per heavy atom. The zero-order valence-electron chi connectivity index (χ0n) is 19.9. The van der Waals surface area contributed by atoms with Crippen molar-refractivity contribution < 1.29 is 23.9 Å². The number of carbonyl (C=O) groups is 3. The van der Waals surface area contributed by atoms with Crippen molar-refractivity contribution in [1.29, 1.82) is 0 Å². The standard InChI is InChI=1S/C26H24N2O6S2/c1-4-34-18(29)13-27-25-22(36-26(27)32)19(16-7-5-6-8-17(16)33-3)20-21(35-25)24(31)28(23(20)30)15-11-9-14(2)10-12-15/h5-12,19-21H,4,13H2,1-3H3. The summed E-state index contributed by atoms with van der Waals surface area (Å²) in [7, 11) is 1.55. The fourth-order valence-electron chi connectivity index (χ4n) is 4.80. The number of ether oxygens (including phenoxy) is 2. The van der Waals surface area contributed by atoms with Gasteiger partial charge in [0.2, 0.25) is 11.8 Å². The van der Waals surface area contributed by atoms with E-state index in [1.807, 2.05) is 37.3 Å². The van der Waals surface area contributed by atoms with Crippen LogP contribution in [0.15, 0.2) is 58.4 Å². The second-order valence-electron chi connectivity index (χ2n) is 8.56. The molecule has 0 N–H and O–H groups in total. The molecule has 1 aromatic heterocycles. The van der Waals surface area contributed by atoms with E-state index in [1.165, 1.54) is 21.2 Å². The number of rotatable bonds is 6. The monoisotopic (exact) mass is 524 g/mol. The minimum absolute atomic E-state index is 0.195. The number of imide groups is 1. The molecule has 186 valence electrons. The van der Waals surface area contributed by atoms with Crippen molar-refractivity contribution in [3.05, 3.63) is 74.2 Å². The molecule has 2 aliphatic heterocycles. The van der Waals surface area contributed by atoms with Gasteiger partial charge in [0.15, 0.2) is 0 Å². The van der Waals surface area contributed by atoms with Gasteiger partial charge in [-0.25, -0.2) is 4.90 Å². The summed E-state index contributed by atoms with van der Waals surface area (Å²) in [6.07, 6.45) is 0. The number of benzene rings is 2. The van der Waals surface area contributed by atoms with E-state index >= 15 is 0 Å². The molecule has 0 aliphatic carbocycles. The topological polar surface area (TPSA) is 94.9 Å². The maximum atomic E-state index is 13.9. The molecule has 0 bridgehead atoms. The van der Waals surface area contributed by atoms with E-state index in [9.17, 15) is 19.2 Å². The Kier molecular flexibility index (Phi) is 6.48. The van der Waals surface area contributed by atoms with Crippen molar-refractivity contribution in [3.8, 4) is 5.75 Å². The predicted molar refractivity (Wildman–Crippen MR) is 137 cm³/mol. The molecule has 10 heteroatoms. The quantitative estimate of drug-likeness (QED) is 0.359. The number of nitrogens with zero attached hydrogens (tertiary/aromatic N) is 2. The lowest BCUT2D eigenvalue weighted by Crippen LogP contribution is -2.33. The third-order valence-electron chi connectivity index (χ3n) is 6.41. The van der Waals surface area contributed by atoms with Crippen LogP contribution < -0.4 is 14.5 Å². The molecule has 3 aromatic rings. The molecular formula is C26H24N2O6S2. The van der Waals surface area contributed by atoms with Gasteiger partial charge in [-0.05, 0) is 32.0 Å². The van der Waals surface area contributed by atoms with E-state index in [0.29, 0.717) is 26.9 Å². The third kappa shape index (κ3) is 3.94. The Bertz CT molecular complexity index is 1410. The van der Waals surface area contributed by atoms with Gasteiger partial charge in [-0.3, -0.25) is 23.7 Å². The Hall–Kier alpha value is -3.37. The van der Waals surface area contributed by atoms with Crippen molar-refractivity contribution in [3.63, 3.8) is 0 Å². The summed E-state index contributed by atoms with van der Waals surface area (Å²) < 4.78 is 12.0. The molecule has 1 fully saturated rings.